The standard InChI is InChI=1S/C16H16BrN3O2.C2H4O2/c1-20-6-2-3-9(8-20)15-18-13-11-7-10(17)4-5-12(11)22-14(13)16(21)19-15;1-2(3)4/h4-5,7,9H,2-3,6,8H2,1H3,(H,18,19,21);1H3,(H,3,4). The molecule has 0 radical (unpaired) electrons. The van der Waals surface area contributed by atoms with Crippen molar-refractivity contribution in [1.82, 2.24) is 14.9 Å². The van der Waals surface area contributed by atoms with Crippen molar-refractivity contribution in [1.29, 1.82) is 0 Å². The van der Waals surface area contributed by atoms with Crippen molar-refractivity contribution >= 4 is 44.0 Å². The van der Waals surface area contributed by atoms with Crippen molar-refractivity contribution < 1.29 is 14.3 Å². The maximum atomic E-state index is 12.4. The molecule has 1 aliphatic rings. The molecule has 1 saturated heterocycles. The number of carboxylic acid groups (broad SMARTS) is 1. The number of carbonyl (C=O) groups is 1. The summed E-state index contributed by atoms with van der Waals surface area (Å²) in [6, 6.07) is 5.70. The smallest absolute Gasteiger partial charge is 0.300 e. The molecule has 0 bridgehead atoms. The Morgan fingerprint density at radius 2 is 2.19 bits per heavy atom. The number of nitrogens with zero attached hydrogens (tertiary/aromatic N) is 2. The molecular formula is C18H20BrN3O4. The third kappa shape index (κ3) is 3.96. The summed E-state index contributed by atoms with van der Waals surface area (Å²) in [5.74, 6) is 0.208. The van der Waals surface area contributed by atoms with Gasteiger partial charge in [-0.1, -0.05) is 15.9 Å². The number of H-pyrrole nitrogens is 1. The fraction of sp³-hybridized carbons (Fsp3) is 0.389. The van der Waals surface area contributed by atoms with Crippen molar-refractivity contribution in [2.45, 2.75) is 25.7 Å². The summed E-state index contributed by atoms with van der Waals surface area (Å²) < 4.78 is 6.61. The number of benzene rings is 1. The number of hydrogen-bond donors (Lipinski definition) is 2. The van der Waals surface area contributed by atoms with Crippen molar-refractivity contribution in [3.05, 3.63) is 38.9 Å². The zero-order chi connectivity index (χ0) is 18.8. The second kappa shape index (κ2) is 7.59. The first-order valence-corrected chi connectivity index (χ1v) is 9.14. The molecule has 2 N–H and O–H groups in total. The van der Waals surface area contributed by atoms with Crippen molar-refractivity contribution in [3.8, 4) is 0 Å². The number of furan rings is 1. The molecule has 0 spiro atoms. The van der Waals surface area contributed by atoms with Crippen LogP contribution in [0.2, 0.25) is 0 Å². The lowest BCUT2D eigenvalue weighted by Gasteiger charge is -2.28. The lowest BCUT2D eigenvalue weighted by Crippen LogP contribution is -2.32. The molecular weight excluding hydrogens is 402 g/mol. The summed E-state index contributed by atoms with van der Waals surface area (Å²) in [5.41, 5.74) is 1.46. The second-order valence-corrected chi connectivity index (χ2v) is 7.41. The van der Waals surface area contributed by atoms with Crippen LogP contribution >= 0.6 is 15.9 Å². The van der Waals surface area contributed by atoms with Gasteiger partial charge < -0.3 is 19.4 Å². The highest BCUT2D eigenvalue weighted by Crippen LogP contribution is 2.30. The second-order valence-electron chi connectivity index (χ2n) is 6.49. The van der Waals surface area contributed by atoms with E-state index in [0.29, 0.717) is 16.7 Å². The van der Waals surface area contributed by atoms with Gasteiger partial charge in [0.1, 0.15) is 16.9 Å². The lowest BCUT2D eigenvalue weighted by atomic mass is 9.97. The van der Waals surface area contributed by atoms with Gasteiger partial charge in [0.05, 0.1) is 0 Å². The summed E-state index contributed by atoms with van der Waals surface area (Å²) in [6.45, 7) is 3.11. The van der Waals surface area contributed by atoms with Crippen LogP contribution in [0.25, 0.3) is 22.1 Å². The summed E-state index contributed by atoms with van der Waals surface area (Å²) in [5, 5.41) is 8.29. The number of hydrogen-bond acceptors (Lipinski definition) is 5. The van der Waals surface area contributed by atoms with Gasteiger partial charge >= 0.3 is 0 Å². The first kappa shape index (κ1) is 18.6. The van der Waals surface area contributed by atoms with E-state index in [-0.39, 0.29) is 11.5 Å². The molecule has 3 aromatic rings. The summed E-state index contributed by atoms with van der Waals surface area (Å²) in [7, 11) is 2.10. The van der Waals surface area contributed by atoms with Crippen LogP contribution in [0.5, 0.6) is 0 Å². The normalized spacial score (nSPS) is 17.9. The first-order chi connectivity index (χ1) is 12.3. The van der Waals surface area contributed by atoms with Gasteiger partial charge in [-0.3, -0.25) is 9.59 Å². The number of piperidine rings is 1. The number of aromatic amines is 1. The number of rotatable bonds is 1. The van der Waals surface area contributed by atoms with Crippen LogP contribution in [-0.2, 0) is 4.79 Å². The van der Waals surface area contributed by atoms with E-state index in [2.05, 4.69) is 32.9 Å². The zero-order valence-corrected chi connectivity index (χ0v) is 16.2. The SMILES string of the molecule is CC(=O)O.CN1CCCC(c2nc3c(oc4ccc(Br)cc43)c(=O)[nH]2)C1. The van der Waals surface area contributed by atoms with E-state index in [9.17, 15) is 4.79 Å². The molecule has 1 unspecified atom stereocenters. The highest BCUT2D eigenvalue weighted by atomic mass is 79.9. The van der Waals surface area contributed by atoms with Crippen LogP contribution in [0.4, 0.5) is 0 Å². The summed E-state index contributed by atoms with van der Waals surface area (Å²) in [4.78, 5) is 31.3. The maximum absolute atomic E-state index is 12.4. The third-order valence-corrected chi connectivity index (χ3v) is 4.81. The number of likely N-dealkylation sites (N-methyl/N-ethyl adjacent to an activating group) is 1. The Morgan fingerprint density at radius 1 is 1.46 bits per heavy atom. The van der Waals surface area contributed by atoms with E-state index in [0.717, 1.165) is 48.5 Å². The van der Waals surface area contributed by atoms with Crippen LogP contribution in [0.1, 0.15) is 31.5 Å². The van der Waals surface area contributed by atoms with E-state index in [4.69, 9.17) is 19.3 Å². The molecule has 7 nitrogen and oxygen atoms in total. The van der Waals surface area contributed by atoms with E-state index in [1.807, 2.05) is 18.2 Å². The molecule has 0 amide bonds. The maximum Gasteiger partial charge on any atom is 0.300 e. The molecule has 0 saturated carbocycles. The Hall–Kier alpha value is -2.19. The topological polar surface area (TPSA) is 99.4 Å². The third-order valence-electron chi connectivity index (χ3n) is 4.32. The number of likely N-dealkylation sites (tertiary alicyclic amines) is 1. The zero-order valence-electron chi connectivity index (χ0n) is 14.6. The van der Waals surface area contributed by atoms with Gasteiger partial charge in [-0.2, -0.15) is 0 Å². The number of aliphatic carboxylic acids is 1. The minimum absolute atomic E-state index is 0.194. The number of halogens is 1. The molecule has 8 heteroatoms. The molecule has 26 heavy (non-hydrogen) atoms. The highest BCUT2D eigenvalue weighted by molar-refractivity contribution is 9.10. The van der Waals surface area contributed by atoms with E-state index >= 15 is 0 Å². The molecule has 1 aromatic carbocycles. The molecule has 138 valence electrons. The van der Waals surface area contributed by atoms with Crippen molar-refractivity contribution in [2.24, 2.45) is 0 Å². The van der Waals surface area contributed by atoms with Gasteiger partial charge in [0.15, 0.2) is 0 Å². The Kier molecular flexibility index (Phi) is 5.43. The Morgan fingerprint density at radius 3 is 2.88 bits per heavy atom. The van der Waals surface area contributed by atoms with Gasteiger partial charge in [0, 0.05) is 29.2 Å². The predicted molar refractivity (Wildman–Crippen MR) is 103 cm³/mol. The quantitative estimate of drug-likeness (QED) is 0.624. The predicted octanol–water partition coefficient (Wildman–Crippen LogP) is 3.33. The molecule has 4 rings (SSSR count). The average Bonchev–Trinajstić information content (AvgIpc) is 2.93. The molecule has 1 atom stereocenters. The van der Waals surface area contributed by atoms with Gasteiger partial charge in [-0.15, -0.1) is 0 Å². The minimum Gasteiger partial charge on any atom is -0.481 e. The minimum atomic E-state index is -0.833. The van der Waals surface area contributed by atoms with Gasteiger partial charge in [0.2, 0.25) is 5.58 Å². The van der Waals surface area contributed by atoms with Gasteiger partial charge in [-0.05, 0) is 44.6 Å². The van der Waals surface area contributed by atoms with Gasteiger partial charge in [0.25, 0.3) is 11.5 Å². The first-order valence-electron chi connectivity index (χ1n) is 8.35. The molecule has 3 heterocycles. The number of carboxylic acids is 1. The molecule has 1 aliphatic heterocycles. The van der Waals surface area contributed by atoms with E-state index in [1.54, 1.807) is 0 Å². The van der Waals surface area contributed by atoms with E-state index in [1.165, 1.54) is 0 Å². The summed E-state index contributed by atoms with van der Waals surface area (Å²) in [6.07, 6.45) is 2.18. The van der Waals surface area contributed by atoms with Crippen LogP contribution in [-0.4, -0.2) is 46.1 Å². The Labute approximate surface area is 158 Å². The largest absolute Gasteiger partial charge is 0.481 e. The number of aromatic nitrogens is 2. The molecule has 2 aromatic heterocycles. The highest BCUT2D eigenvalue weighted by Gasteiger charge is 2.23. The average molecular weight is 422 g/mol. The molecule has 0 aliphatic carbocycles. The molecule has 1 fully saturated rings. The Bertz CT molecular complexity index is 1010. The van der Waals surface area contributed by atoms with Gasteiger partial charge in [-0.25, -0.2) is 4.98 Å². The monoisotopic (exact) mass is 421 g/mol. The summed E-state index contributed by atoms with van der Waals surface area (Å²) >= 11 is 3.46. The number of fused-ring (bicyclic) bond motifs is 3. The van der Waals surface area contributed by atoms with E-state index < -0.39 is 5.97 Å². The van der Waals surface area contributed by atoms with Crippen LogP contribution in [0.15, 0.2) is 31.9 Å². The van der Waals surface area contributed by atoms with Crippen LogP contribution in [0, 0.1) is 0 Å². The fourth-order valence-corrected chi connectivity index (χ4v) is 3.59. The lowest BCUT2D eigenvalue weighted by molar-refractivity contribution is -0.134. The van der Waals surface area contributed by atoms with Crippen molar-refractivity contribution in [3.63, 3.8) is 0 Å². The fourth-order valence-electron chi connectivity index (χ4n) is 3.23. The van der Waals surface area contributed by atoms with Crippen LogP contribution < -0.4 is 5.56 Å². The van der Waals surface area contributed by atoms with Crippen molar-refractivity contribution in [2.75, 3.05) is 20.1 Å². The van der Waals surface area contributed by atoms with Crippen LogP contribution in [0.3, 0.4) is 0 Å². The number of nitrogens with one attached hydrogen (secondary N) is 1. The Balaban J connectivity index is 0.000000447.